The molecule has 0 aromatic heterocycles. The largest absolute Gasteiger partial charge is 0.378 e. The van der Waals surface area contributed by atoms with Crippen LogP contribution in [0.2, 0.25) is 0 Å². The van der Waals surface area contributed by atoms with Crippen LogP contribution in [0.3, 0.4) is 0 Å². The Labute approximate surface area is 626 Å². The number of hydrogen-bond acceptors (Lipinski definition) is 6. The molecule has 0 radical (unpaired) electrons. The zero-order valence-corrected chi connectivity index (χ0v) is 69.3. The maximum Gasteiger partial charge on any atom is 0.280 e. The Hall–Kier alpha value is -2.32. The van der Waals surface area contributed by atoms with Crippen LogP contribution in [0.25, 0.3) is 0 Å². The molecule has 584 valence electrons. The Morgan fingerprint density at radius 3 is 1.11 bits per heavy atom. The summed E-state index contributed by atoms with van der Waals surface area (Å²) in [6.07, 6.45) is 108. The highest BCUT2D eigenvalue weighted by Gasteiger charge is 2.43. The lowest BCUT2D eigenvalue weighted by Crippen LogP contribution is -2.43. The number of nitrogens with zero attached hydrogens (tertiary/aromatic N) is 2. The van der Waals surface area contributed by atoms with Gasteiger partial charge in [-0.25, -0.2) is 0 Å². The normalized spacial score (nSPS) is 17.0. The molecular weight excluding hydrogens is 1220 g/mol. The highest BCUT2D eigenvalue weighted by atomic mass is 16.9. The Balaban J connectivity index is 2.98. The molecule has 6 nitrogen and oxygen atoms in total. The predicted molar refractivity (Wildman–Crippen MR) is 446 cm³/mol. The molecule has 1 aliphatic heterocycles. The van der Waals surface area contributed by atoms with Gasteiger partial charge < -0.3 is 28.7 Å². The van der Waals surface area contributed by atoms with E-state index in [-0.39, 0.29) is 23.2 Å². The van der Waals surface area contributed by atoms with Crippen molar-refractivity contribution in [2.24, 2.45) is 11.3 Å². The van der Waals surface area contributed by atoms with Crippen LogP contribution in [0.4, 0.5) is 0 Å². The Morgan fingerprint density at radius 2 is 0.720 bits per heavy atom. The van der Waals surface area contributed by atoms with Gasteiger partial charge >= 0.3 is 0 Å². The van der Waals surface area contributed by atoms with Gasteiger partial charge in [0, 0.05) is 25.6 Å². The summed E-state index contributed by atoms with van der Waals surface area (Å²) in [5, 5.41) is 0. The van der Waals surface area contributed by atoms with Crippen molar-refractivity contribution < 1.29 is 18.9 Å². The number of ether oxygens (including phenoxy) is 4. The van der Waals surface area contributed by atoms with E-state index in [4.69, 9.17) is 18.9 Å². The van der Waals surface area contributed by atoms with Gasteiger partial charge in [0.1, 0.15) is 0 Å². The second-order valence-corrected chi connectivity index (χ2v) is 32.7. The van der Waals surface area contributed by atoms with Crippen molar-refractivity contribution >= 4 is 0 Å². The zero-order valence-electron chi connectivity index (χ0n) is 69.3. The first-order chi connectivity index (χ1) is 48.7. The quantitative estimate of drug-likeness (QED) is 0.0447. The Bertz CT molecular complexity index is 1930. The second-order valence-electron chi connectivity index (χ2n) is 32.7. The Kier molecular flexibility index (Phi) is 66.7. The molecule has 1 fully saturated rings. The van der Waals surface area contributed by atoms with E-state index in [1.165, 1.54) is 302 Å². The van der Waals surface area contributed by atoms with Crippen LogP contribution in [-0.4, -0.2) is 87.1 Å². The molecule has 1 saturated heterocycles. The van der Waals surface area contributed by atoms with Crippen LogP contribution in [0, 0.1) is 11.3 Å². The van der Waals surface area contributed by atoms with Crippen molar-refractivity contribution in [2.45, 2.75) is 445 Å². The van der Waals surface area contributed by atoms with Crippen LogP contribution in [0.5, 0.6) is 0 Å². The second kappa shape index (κ2) is 69.7. The lowest BCUT2D eigenvalue weighted by atomic mass is 9.76. The fraction of sp³-hybridized carbons (Fsp3) is 0.830. The molecule has 1 heterocycles. The van der Waals surface area contributed by atoms with E-state index in [1.807, 2.05) is 0 Å². The van der Waals surface area contributed by atoms with Gasteiger partial charge in [0.15, 0.2) is 0 Å². The van der Waals surface area contributed by atoms with Gasteiger partial charge in [-0.3, -0.25) is 0 Å². The lowest BCUT2D eigenvalue weighted by Gasteiger charge is -2.40. The topological polar surface area (TPSA) is 43.4 Å². The SMILES string of the molecule is CCCCCC=CCC=CCCCCCCCCC(CCCCCCCCC=CCC=CCCCCC)OCCCCN(C)CC(CCCCC=CCC=CCCCCC)CCCC(CCCCCCCCC=CCC=CCCCCC)OC1(C)OCC(CC(C)(C)CC(C)(C)N(C)C)O1. The highest BCUT2D eigenvalue weighted by Crippen LogP contribution is 2.39. The average Bonchev–Trinajstić information content (AvgIpc) is 1.66. The fourth-order valence-electron chi connectivity index (χ4n) is 14.7. The molecule has 0 bridgehead atoms. The van der Waals surface area contributed by atoms with Crippen LogP contribution in [0.15, 0.2) is 97.2 Å². The van der Waals surface area contributed by atoms with Crippen LogP contribution < -0.4 is 0 Å². The van der Waals surface area contributed by atoms with Crippen molar-refractivity contribution in [3.05, 3.63) is 97.2 Å². The van der Waals surface area contributed by atoms with Crippen molar-refractivity contribution in [3.63, 3.8) is 0 Å². The van der Waals surface area contributed by atoms with Gasteiger partial charge in [-0.1, -0.05) is 299 Å². The molecule has 0 spiro atoms. The van der Waals surface area contributed by atoms with Gasteiger partial charge in [-0.05, 0) is 245 Å². The van der Waals surface area contributed by atoms with E-state index in [9.17, 15) is 0 Å². The van der Waals surface area contributed by atoms with Crippen molar-refractivity contribution in [1.29, 1.82) is 0 Å². The number of rotatable bonds is 75. The number of hydrogen-bond donors (Lipinski definition) is 0. The standard InChI is InChI=1S/C94H174N2O4/c1-13-17-21-25-29-33-37-41-44-47-50-54-58-62-66-70-78-89(79-71-67-63-59-55-51-48-45-42-38-34-30-26-22-18-14-2)97-83-74-73-82-96(12)85-88(76-69-65-61-57-53-40-36-32-28-24-20-16-4)77-75-81-90(80-72-68-64-60-56-52-49-46-43-39-35-31-27-23-19-15-3)99-94(9)98-86-91(100-94)84-92(5,6)87-93(7,8)95(10)11/h29-36,41-46,53,57,88-91H,13-28,37-40,47-52,54-56,58-87H2,1-12H3. The summed E-state index contributed by atoms with van der Waals surface area (Å²) < 4.78 is 27.3. The number of unbranched alkanes of at least 4 members (excludes halogenated alkanes) is 33. The van der Waals surface area contributed by atoms with E-state index in [0.717, 1.165) is 70.9 Å². The third kappa shape index (κ3) is 63.0. The van der Waals surface area contributed by atoms with Crippen molar-refractivity contribution in [1.82, 2.24) is 9.80 Å². The van der Waals surface area contributed by atoms with Gasteiger partial charge in [0.05, 0.1) is 24.9 Å². The minimum atomic E-state index is -0.992. The van der Waals surface area contributed by atoms with Crippen LogP contribution in [0.1, 0.15) is 415 Å². The zero-order chi connectivity index (χ0) is 72.8. The van der Waals surface area contributed by atoms with E-state index < -0.39 is 5.97 Å². The average molecular weight is 1400 g/mol. The summed E-state index contributed by atoms with van der Waals surface area (Å²) in [7, 11) is 6.80. The molecule has 0 saturated carbocycles. The first kappa shape index (κ1) is 95.7. The molecule has 1 aliphatic rings. The first-order valence-electron chi connectivity index (χ1n) is 43.9. The van der Waals surface area contributed by atoms with Crippen molar-refractivity contribution in [3.8, 4) is 0 Å². The summed E-state index contributed by atoms with van der Waals surface area (Å²) in [6.45, 7) is 24.5. The third-order valence-corrected chi connectivity index (χ3v) is 21.2. The molecule has 0 N–H and O–H groups in total. The van der Waals surface area contributed by atoms with E-state index in [2.05, 4.69) is 190 Å². The molecule has 0 amide bonds. The van der Waals surface area contributed by atoms with Gasteiger partial charge in [-0.2, -0.15) is 0 Å². The molecule has 4 unspecified atom stereocenters. The predicted octanol–water partition coefficient (Wildman–Crippen LogP) is 29.7. The lowest BCUT2D eigenvalue weighted by molar-refractivity contribution is -0.344. The molecule has 0 aromatic carbocycles. The summed E-state index contributed by atoms with van der Waals surface area (Å²) in [5.74, 6) is -0.313. The minimum absolute atomic E-state index is 0.0340. The van der Waals surface area contributed by atoms with Gasteiger partial charge in [0.25, 0.3) is 5.97 Å². The maximum absolute atomic E-state index is 7.07. The molecule has 0 aliphatic carbocycles. The molecule has 1 rings (SSSR count). The van der Waals surface area contributed by atoms with Gasteiger partial charge in [-0.15, -0.1) is 0 Å². The maximum atomic E-state index is 7.07. The van der Waals surface area contributed by atoms with Crippen LogP contribution >= 0.6 is 0 Å². The summed E-state index contributed by atoms with van der Waals surface area (Å²) in [6, 6.07) is 0. The summed E-state index contributed by atoms with van der Waals surface area (Å²) in [4.78, 5) is 5.03. The molecular formula is C94H174N2O4. The highest BCUT2D eigenvalue weighted by molar-refractivity contribution is 4.96. The molecule has 100 heavy (non-hydrogen) atoms. The monoisotopic (exact) mass is 1400 g/mol. The fourth-order valence-corrected chi connectivity index (χ4v) is 14.7. The van der Waals surface area contributed by atoms with Gasteiger partial charge in [0.2, 0.25) is 0 Å². The molecule has 6 heteroatoms. The minimum Gasteiger partial charge on any atom is -0.378 e. The first-order valence-corrected chi connectivity index (χ1v) is 43.9. The van der Waals surface area contributed by atoms with E-state index in [1.54, 1.807) is 0 Å². The van der Waals surface area contributed by atoms with E-state index >= 15 is 0 Å². The molecule has 0 aromatic rings. The number of allylic oxidation sites excluding steroid dienone is 16. The Morgan fingerprint density at radius 1 is 0.390 bits per heavy atom. The third-order valence-electron chi connectivity index (χ3n) is 21.2. The van der Waals surface area contributed by atoms with E-state index in [0.29, 0.717) is 18.6 Å². The summed E-state index contributed by atoms with van der Waals surface area (Å²) >= 11 is 0. The smallest absolute Gasteiger partial charge is 0.280 e. The van der Waals surface area contributed by atoms with Crippen LogP contribution in [-0.2, 0) is 18.9 Å². The summed E-state index contributed by atoms with van der Waals surface area (Å²) in [5.41, 5.74) is 0.216. The van der Waals surface area contributed by atoms with Crippen molar-refractivity contribution in [2.75, 3.05) is 47.4 Å². The molecule has 4 atom stereocenters.